The number of phenols is 1. The first-order chi connectivity index (χ1) is 6.03. The number of aromatic hydroxyl groups is 1. The Hall–Kier alpha value is -0.610. The maximum Gasteiger partial charge on any atom is 0.166 e. The fourth-order valence-corrected chi connectivity index (χ4v) is 1.74. The Morgan fingerprint density at radius 2 is 2.00 bits per heavy atom. The summed E-state index contributed by atoms with van der Waals surface area (Å²) in [6.45, 7) is 0. The van der Waals surface area contributed by atoms with Gasteiger partial charge in [0.25, 0.3) is 0 Å². The largest absolute Gasteiger partial charge is 0.505 e. The van der Waals surface area contributed by atoms with Gasteiger partial charge in [-0.05, 0) is 25.0 Å². The second-order valence-electron chi connectivity index (χ2n) is 3.32. The van der Waals surface area contributed by atoms with E-state index in [1.165, 1.54) is 6.07 Å². The van der Waals surface area contributed by atoms with Crippen molar-refractivity contribution in [3.8, 4) is 5.75 Å². The van der Waals surface area contributed by atoms with Crippen molar-refractivity contribution in [3.63, 3.8) is 0 Å². The van der Waals surface area contributed by atoms with E-state index in [1.54, 1.807) is 6.07 Å². The van der Waals surface area contributed by atoms with Crippen LogP contribution in [0.3, 0.4) is 0 Å². The van der Waals surface area contributed by atoms with E-state index in [9.17, 15) is 14.6 Å². The maximum atomic E-state index is 13.0. The van der Waals surface area contributed by atoms with E-state index < -0.39 is 17.2 Å². The SMILES string of the molecule is Oc1c(F)cc(Br)cc1C1(O)CC1. The summed E-state index contributed by atoms with van der Waals surface area (Å²) in [5.41, 5.74) is -0.728. The van der Waals surface area contributed by atoms with E-state index in [4.69, 9.17) is 0 Å². The zero-order valence-corrected chi connectivity index (χ0v) is 8.31. The van der Waals surface area contributed by atoms with Crippen LogP contribution in [0.15, 0.2) is 16.6 Å². The molecule has 2 rings (SSSR count). The highest BCUT2D eigenvalue weighted by atomic mass is 79.9. The second-order valence-corrected chi connectivity index (χ2v) is 4.23. The third-order valence-electron chi connectivity index (χ3n) is 2.25. The molecule has 0 heterocycles. The van der Waals surface area contributed by atoms with E-state index in [-0.39, 0.29) is 5.56 Å². The van der Waals surface area contributed by atoms with Crippen LogP contribution < -0.4 is 0 Å². The topological polar surface area (TPSA) is 40.5 Å². The van der Waals surface area contributed by atoms with Gasteiger partial charge in [0.05, 0.1) is 5.60 Å². The molecule has 70 valence electrons. The highest BCUT2D eigenvalue weighted by Crippen LogP contribution is 2.49. The van der Waals surface area contributed by atoms with Crippen LogP contribution in [0.2, 0.25) is 0 Å². The Morgan fingerprint density at radius 3 is 2.54 bits per heavy atom. The molecule has 1 fully saturated rings. The molecule has 0 amide bonds. The van der Waals surface area contributed by atoms with E-state index >= 15 is 0 Å². The van der Waals surface area contributed by atoms with Crippen LogP contribution in [0.5, 0.6) is 5.75 Å². The summed E-state index contributed by atoms with van der Waals surface area (Å²) >= 11 is 3.11. The molecule has 0 spiro atoms. The molecule has 2 nitrogen and oxygen atoms in total. The molecule has 0 aromatic heterocycles. The van der Waals surface area contributed by atoms with Gasteiger partial charge in [-0.1, -0.05) is 15.9 Å². The van der Waals surface area contributed by atoms with Gasteiger partial charge in [0.2, 0.25) is 0 Å². The molecule has 0 radical (unpaired) electrons. The van der Waals surface area contributed by atoms with Crippen molar-refractivity contribution in [1.29, 1.82) is 0 Å². The number of halogens is 2. The number of hydrogen-bond donors (Lipinski definition) is 2. The minimum atomic E-state index is -1.01. The molecule has 1 aliphatic carbocycles. The molecule has 4 heteroatoms. The number of rotatable bonds is 1. The predicted molar refractivity (Wildman–Crippen MR) is 48.9 cm³/mol. The van der Waals surface area contributed by atoms with E-state index in [1.807, 2.05) is 0 Å². The van der Waals surface area contributed by atoms with Crippen molar-refractivity contribution in [2.24, 2.45) is 0 Å². The van der Waals surface area contributed by atoms with Crippen molar-refractivity contribution in [1.82, 2.24) is 0 Å². The first-order valence-electron chi connectivity index (χ1n) is 3.94. The molecule has 13 heavy (non-hydrogen) atoms. The van der Waals surface area contributed by atoms with E-state index in [2.05, 4.69) is 15.9 Å². The summed E-state index contributed by atoms with van der Waals surface area (Å²) in [7, 11) is 0. The fraction of sp³-hybridized carbons (Fsp3) is 0.333. The van der Waals surface area contributed by atoms with Gasteiger partial charge in [-0.2, -0.15) is 0 Å². The van der Waals surface area contributed by atoms with Crippen molar-refractivity contribution in [3.05, 3.63) is 28.0 Å². The Labute approximate surface area is 83.1 Å². The van der Waals surface area contributed by atoms with Crippen molar-refractivity contribution in [2.75, 3.05) is 0 Å². The molecule has 2 N–H and O–H groups in total. The first kappa shape index (κ1) is 8.97. The first-order valence-corrected chi connectivity index (χ1v) is 4.73. The summed E-state index contributed by atoms with van der Waals surface area (Å²) in [5, 5.41) is 19.0. The Morgan fingerprint density at radius 1 is 1.38 bits per heavy atom. The zero-order valence-electron chi connectivity index (χ0n) is 6.72. The van der Waals surface area contributed by atoms with Crippen LogP contribution in [-0.2, 0) is 5.60 Å². The molecule has 1 saturated carbocycles. The zero-order chi connectivity index (χ0) is 9.64. The molecule has 0 atom stereocenters. The molecular weight excluding hydrogens is 239 g/mol. The van der Waals surface area contributed by atoms with Crippen molar-refractivity contribution >= 4 is 15.9 Å². The van der Waals surface area contributed by atoms with Crippen LogP contribution >= 0.6 is 15.9 Å². The van der Waals surface area contributed by atoms with Gasteiger partial charge in [0.15, 0.2) is 11.6 Å². The summed E-state index contributed by atoms with van der Waals surface area (Å²) in [6, 6.07) is 2.72. The molecular formula is C9H8BrFO2. The van der Waals surface area contributed by atoms with Crippen LogP contribution in [-0.4, -0.2) is 10.2 Å². The standard InChI is InChI=1S/C9H8BrFO2/c10-5-3-6(9(13)1-2-9)8(12)7(11)4-5/h3-4,12-13H,1-2H2. The number of benzene rings is 1. The maximum absolute atomic E-state index is 13.0. The average Bonchev–Trinajstić information content (AvgIpc) is 2.77. The summed E-state index contributed by atoms with van der Waals surface area (Å²) in [5.74, 6) is -1.15. The third kappa shape index (κ3) is 1.44. The monoisotopic (exact) mass is 246 g/mol. The lowest BCUT2D eigenvalue weighted by Crippen LogP contribution is -2.05. The highest BCUT2D eigenvalue weighted by molar-refractivity contribution is 9.10. The summed E-state index contributed by atoms with van der Waals surface area (Å²) in [6.07, 6.45) is 1.16. The molecule has 1 aliphatic rings. The minimum Gasteiger partial charge on any atom is -0.505 e. The van der Waals surface area contributed by atoms with Gasteiger partial charge in [0.1, 0.15) is 0 Å². The molecule has 1 aromatic carbocycles. The van der Waals surface area contributed by atoms with Crippen LogP contribution in [0.1, 0.15) is 18.4 Å². The van der Waals surface area contributed by atoms with E-state index in [0.29, 0.717) is 17.3 Å². The average molecular weight is 247 g/mol. The quantitative estimate of drug-likeness (QED) is 0.799. The van der Waals surface area contributed by atoms with Gasteiger partial charge < -0.3 is 10.2 Å². The van der Waals surface area contributed by atoms with Crippen molar-refractivity contribution < 1.29 is 14.6 Å². The Kier molecular flexibility index (Phi) is 1.85. The van der Waals surface area contributed by atoms with Crippen LogP contribution in [0.25, 0.3) is 0 Å². The lowest BCUT2D eigenvalue weighted by Gasteiger charge is -2.11. The molecule has 0 bridgehead atoms. The molecule has 0 unspecified atom stereocenters. The van der Waals surface area contributed by atoms with Gasteiger partial charge in [0, 0.05) is 10.0 Å². The molecule has 1 aromatic rings. The van der Waals surface area contributed by atoms with Gasteiger partial charge >= 0.3 is 0 Å². The molecule has 0 aliphatic heterocycles. The van der Waals surface area contributed by atoms with Crippen LogP contribution in [0, 0.1) is 5.82 Å². The lowest BCUT2D eigenvalue weighted by atomic mass is 10.1. The number of hydrogen-bond acceptors (Lipinski definition) is 2. The lowest BCUT2D eigenvalue weighted by molar-refractivity contribution is 0.147. The smallest absolute Gasteiger partial charge is 0.166 e. The fourth-order valence-electron chi connectivity index (χ4n) is 1.31. The van der Waals surface area contributed by atoms with Gasteiger partial charge in [-0.25, -0.2) is 4.39 Å². The summed E-state index contributed by atoms with van der Waals surface area (Å²) in [4.78, 5) is 0. The Balaban J connectivity index is 2.56. The highest BCUT2D eigenvalue weighted by Gasteiger charge is 2.44. The summed E-state index contributed by atoms with van der Waals surface area (Å²) < 4.78 is 13.5. The number of aliphatic hydroxyl groups is 1. The minimum absolute atomic E-state index is 0.277. The van der Waals surface area contributed by atoms with Gasteiger partial charge in [-0.15, -0.1) is 0 Å². The Bertz CT molecular complexity index is 361. The third-order valence-corrected chi connectivity index (χ3v) is 2.71. The normalized spacial score (nSPS) is 18.7. The van der Waals surface area contributed by atoms with E-state index in [0.717, 1.165) is 0 Å². The number of phenolic OH excluding ortho intramolecular Hbond substituents is 1. The van der Waals surface area contributed by atoms with Crippen molar-refractivity contribution in [2.45, 2.75) is 18.4 Å². The van der Waals surface area contributed by atoms with Gasteiger partial charge in [-0.3, -0.25) is 0 Å². The van der Waals surface area contributed by atoms with Crippen LogP contribution in [0.4, 0.5) is 4.39 Å². The second kappa shape index (κ2) is 2.69. The predicted octanol–water partition coefficient (Wildman–Crippen LogP) is 2.28. The molecule has 0 saturated heterocycles.